The molecule has 0 aliphatic heterocycles. The molecule has 0 radical (unpaired) electrons. The largest absolute Gasteiger partial charge is 0.330 e. The molecule has 0 aliphatic rings. The Bertz CT molecular complexity index is 330. The third-order valence-electron chi connectivity index (χ3n) is 5.57. The van der Waals surface area contributed by atoms with Gasteiger partial charge in [-0.25, -0.2) is 0 Å². The Balaban J connectivity index is 3.41. The summed E-state index contributed by atoms with van der Waals surface area (Å²) in [5.41, 5.74) is 5.47. The molecule has 0 heterocycles. The Labute approximate surface area is 169 Å². The molecular formula is C24H47NO2. The number of hydrogen-bond donors (Lipinski definition) is 1. The lowest BCUT2D eigenvalue weighted by molar-refractivity contribution is -0.127. The van der Waals surface area contributed by atoms with Crippen LogP contribution in [-0.4, -0.2) is 18.6 Å². The number of aldehydes is 1. The van der Waals surface area contributed by atoms with E-state index in [2.05, 4.69) is 6.92 Å². The van der Waals surface area contributed by atoms with Crippen molar-refractivity contribution in [2.45, 2.75) is 129 Å². The Morgan fingerprint density at radius 1 is 0.704 bits per heavy atom. The van der Waals surface area contributed by atoms with Crippen LogP contribution in [0.5, 0.6) is 0 Å². The summed E-state index contributed by atoms with van der Waals surface area (Å²) >= 11 is 0. The summed E-state index contributed by atoms with van der Waals surface area (Å²) in [5.74, 6) is -0.202. The number of rotatable bonds is 22. The van der Waals surface area contributed by atoms with E-state index in [0.29, 0.717) is 6.42 Å². The van der Waals surface area contributed by atoms with Crippen molar-refractivity contribution in [3.8, 4) is 0 Å². The number of carbonyl (C=O) groups is 2. The Morgan fingerprint density at radius 3 is 1.63 bits per heavy atom. The van der Waals surface area contributed by atoms with Gasteiger partial charge in [0.2, 0.25) is 0 Å². The SMILES string of the molecule is CCCCCCCCCCCCCCCC(=O)C(C=O)CCCCCCN. The van der Waals surface area contributed by atoms with Gasteiger partial charge < -0.3 is 10.5 Å². The fourth-order valence-corrected chi connectivity index (χ4v) is 3.67. The van der Waals surface area contributed by atoms with Crippen LogP contribution in [0.2, 0.25) is 0 Å². The zero-order chi connectivity index (χ0) is 20.0. The van der Waals surface area contributed by atoms with Gasteiger partial charge in [0.15, 0.2) is 0 Å². The van der Waals surface area contributed by atoms with Gasteiger partial charge in [0.05, 0.1) is 5.92 Å². The fourth-order valence-electron chi connectivity index (χ4n) is 3.67. The van der Waals surface area contributed by atoms with Crippen LogP contribution in [0.1, 0.15) is 129 Å². The van der Waals surface area contributed by atoms with E-state index in [9.17, 15) is 9.59 Å². The topological polar surface area (TPSA) is 60.2 Å². The highest BCUT2D eigenvalue weighted by Crippen LogP contribution is 2.16. The second-order valence-corrected chi connectivity index (χ2v) is 8.19. The molecule has 0 aromatic rings. The normalized spacial score (nSPS) is 12.2. The van der Waals surface area contributed by atoms with E-state index in [0.717, 1.165) is 57.8 Å². The average Bonchev–Trinajstić information content (AvgIpc) is 2.68. The standard InChI is InChI=1S/C24H47NO2/c1-2-3-4-5-6-7-8-9-10-11-12-13-17-20-24(27)23(22-26)19-16-14-15-18-21-25/h22-23H,2-21,25H2,1H3. The van der Waals surface area contributed by atoms with Crippen LogP contribution < -0.4 is 5.73 Å². The summed E-state index contributed by atoms with van der Waals surface area (Å²) in [6, 6.07) is 0. The molecule has 0 bridgehead atoms. The van der Waals surface area contributed by atoms with Crippen LogP contribution in [-0.2, 0) is 9.59 Å². The minimum absolute atomic E-state index is 0.159. The highest BCUT2D eigenvalue weighted by Gasteiger charge is 2.16. The lowest BCUT2D eigenvalue weighted by atomic mass is 9.94. The minimum Gasteiger partial charge on any atom is -0.330 e. The molecule has 27 heavy (non-hydrogen) atoms. The van der Waals surface area contributed by atoms with E-state index < -0.39 is 0 Å². The van der Waals surface area contributed by atoms with Crippen molar-refractivity contribution in [1.29, 1.82) is 0 Å². The minimum atomic E-state index is -0.361. The molecular weight excluding hydrogens is 334 g/mol. The van der Waals surface area contributed by atoms with Crippen LogP contribution in [0, 0.1) is 5.92 Å². The van der Waals surface area contributed by atoms with Crippen LogP contribution in [0.3, 0.4) is 0 Å². The summed E-state index contributed by atoms with van der Waals surface area (Å²) in [6.45, 7) is 3.00. The van der Waals surface area contributed by atoms with Gasteiger partial charge in [0, 0.05) is 6.42 Å². The molecule has 3 nitrogen and oxygen atoms in total. The van der Waals surface area contributed by atoms with E-state index in [-0.39, 0.29) is 11.7 Å². The van der Waals surface area contributed by atoms with Crippen molar-refractivity contribution in [2.24, 2.45) is 11.7 Å². The first-order valence-electron chi connectivity index (χ1n) is 11.9. The molecule has 0 saturated carbocycles. The first-order chi connectivity index (χ1) is 13.3. The van der Waals surface area contributed by atoms with Gasteiger partial charge >= 0.3 is 0 Å². The van der Waals surface area contributed by atoms with E-state index >= 15 is 0 Å². The third kappa shape index (κ3) is 18.4. The molecule has 0 aromatic heterocycles. The number of hydrogen-bond acceptors (Lipinski definition) is 3. The van der Waals surface area contributed by atoms with E-state index in [4.69, 9.17) is 5.73 Å². The van der Waals surface area contributed by atoms with Crippen LogP contribution in [0.15, 0.2) is 0 Å². The van der Waals surface area contributed by atoms with Gasteiger partial charge in [-0.2, -0.15) is 0 Å². The van der Waals surface area contributed by atoms with Gasteiger partial charge in [0.25, 0.3) is 0 Å². The Morgan fingerprint density at radius 2 is 1.15 bits per heavy atom. The molecule has 1 unspecified atom stereocenters. The summed E-state index contributed by atoms with van der Waals surface area (Å²) in [6.07, 6.45) is 23.4. The van der Waals surface area contributed by atoms with Crippen LogP contribution in [0.4, 0.5) is 0 Å². The second kappa shape index (κ2) is 21.6. The smallest absolute Gasteiger partial charge is 0.143 e. The molecule has 0 amide bonds. The fraction of sp³-hybridized carbons (Fsp3) is 0.917. The second-order valence-electron chi connectivity index (χ2n) is 8.19. The quantitative estimate of drug-likeness (QED) is 0.128. The predicted molar refractivity (Wildman–Crippen MR) is 117 cm³/mol. The number of unbranched alkanes of at least 4 members (excludes halogenated alkanes) is 15. The molecule has 0 spiro atoms. The molecule has 0 rings (SSSR count). The molecule has 160 valence electrons. The van der Waals surface area contributed by atoms with Gasteiger partial charge in [-0.05, 0) is 25.8 Å². The van der Waals surface area contributed by atoms with Crippen molar-refractivity contribution in [2.75, 3.05) is 6.54 Å². The van der Waals surface area contributed by atoms with Gasteiger partial charge in [-0.1, -0.05) is 103 Å². The summed E-state index contributed by atoms with van der Waals surface area (Å²) in [5, 5.41) is 0. The molecule has 1 atom stereocenters. The molecule has 3 heteroatoms. The summed E-state index contributed by atoms with van der Waals surface area (Å²) in [4.78, 5) is 23.3. The molecule has 0 aromatic carbocycles. The van der Waals surface area contributed by atoms with E-state index in [1.54, 1.807) is 0 Å². The van der Waals surface area contributed by atoms with Gasteiger partial charge in [-0.15, -0.1) is 0 Å². The van der Waals surface area contributed by atoms with Gasteiger partial charge in [0.1, 0.15) is 12.1 Å². The monoisotopic (exact) mass is 381 g/mol. The number of Topliss-reactive ketones (excluding diaryl/α,β-unsaturated/α-hetero) is 1. The van der Waals surface area contributed by atoms with Crippen molar-refractivity contribution in [3.63, 3.8) is 0 Å². The lowest BCUT2D eigenvalue weighted by Gasteiger charge is -2.09. The maximum Gasteiger partial charge on any atom is 0.143 e. The highest BCUT2D eigenvalue weighted by molar-refractivity contribution is 5.93. The van der Waals surface area contributed by atoms with Gasteiger partial charge in [-0.3, -0.25) is 4.79 Å². The molecule has 0 aliphatic carbocycles. The Kier molecular flexibility index (Phi) is 21.0. The third-order valence-corrected chi connectivity index (χ3v) is 5.57. The lowest BCUT2D eigenvalue weighted by Crippen LogP contribution is -2.15. The van der Waals surface area contributed by atoms with E-state index in [1.807, 2.05) is 0 Å². The van der Waals surface area contributed by atoms with Crippen LogP contribution >= 0.6 is 0 Å². The highest BCUT2D eigenvalue weighted by atomic mass is 16.1. The molecule has 0 fully saturated rings. The zero-order valence-corrected chi connectivity index (χ0v) is 18.2. The van der Waals surface area contributed by atoms with Crippen molar-refractivity contribution < 1.29 is 9.59 Å². The van der Waals surface area contributed by atoms with E-state index in [1.165, 1.54) is 70.6 Å². The number of nitrogens with two attached hydrogens (primary N) is 1. The first-order valence-corrected chi connectivity index (χ1v) is 11.9. The maximum atomic E-state index is 12.1. The van der Waals surface area contributed by atoms with Crippen LogP contribution in [0.25, 0.3) is 0 Å². The van der Waals surface area contributed by atoms with Crippen molar-refractivity contribution in [3.05, 3.63) is 0 Å². The average molecular weight is 382 g/mol. The summed E-state index contributed by atoms with van der Waals surface area (Å²) < 4.78 is 0. The Hall–Kier alpha value is -0.700. The van der Waals surface area contributed by atoms with Crippen molar-refractivity contribution in [1.82, 2.24) is 0 Å². The number of ketones is 1. The maximum absolute atomic E-state index is 12.1. The predicted octanol–water partition coefficient (Wildman–Crippen LogP) is 6.76. The zero-order valence-electron chi connectivity index (χ0n) is 18.2. The molecule has 0 saturated heterocycles. The molecule has 2 N–H and O–H groups in total. The first kappa shape index (κ1) is 26.3. The van der Waals surface area contributed by atoms with Crippen molar-refractivity contribution >= 4 is 12.1 Å². The number of carbonyl (C=O) groups excluding carboxylic acids is 2. The summed E-state index contributed by atoms with van der Waals surface area (Å²) in [7, 11) is 0.